The van der Waals surface area contributed by atoms with Crippen molar-refractivity contribution in [2.24, 2.45) is 5.73 Å². The third-order valence-electron chi connectivity index (χ3n) is 4.32. The Morgan fingerprint density at radius 2 is 1.64 bits per heavy atom. The number of anilines is 1. The topological polar surface area (TPSA) is 113 Å². The fraction of sp³-hybridized carbons (Fsp3) is 0.286. The Morgan fingerprint density at radius 3 is 2.14 bits per heavy atom. The lowest BCUT2D eigenvalue weighted by atomic mass is 10.0. The Hall–Kier alpha value is -3.35. The first-order valence-electron chi connectivity index (χ1n) is 9.03. The molecule has 0 aliphatic carbocycles. The summed E-state index contributed by atoms with van der Waals surface area (Å²) in [7, 11) is 0. The van der Waals surface area contributed by atoms with Crippen molar-refractivity contribution in [3.63, 3.8) is 0 Å². The van der Waals surface area contributed by atoms with Crippen LogP contribution < -0.4 is 16.0 Å². The van der Waals surface area contributed by atoms with Crippen LogP contribution in [0.3, 0.4) is 0 Å². The highest BCUT2D eigenvalue weighted by molar-refractivity contribution is 5.94. The average molecular weight is 383 g/mol. The van der Waals surface area contributed by atoms with Crippen LogP contribution in [0.4, 0.5) is 10.5 Å². The molecule has 2 rings (SSSR count). The Labute approximate surface area is 164 Å². The van der Waals surface area contributed by atoms with Crippen LogP contribution in [-0.2, 0) is 11.3 Å². The lowest BCUT2D eigenvalue weighted by Gasteiger charge is -2.21. The van der Waals surface area contributed by atoms with Crippen LogP contribution in [-0.4, -0.2) is 29.6 Å². The third kappa shape index (κ3) is 5.84. The SMILES string of the molecule is CC(C)c1ccc(N(Cc2ccc(C(=O)NCCC(=O)O)cc2)C(N)=O)cc1. The maximum Gasteiger partial charge on any atom is 0.319 e. The number of aliphatic carboxylic acids is 1. The van der Waals surface area contributed by atoms with Crippen molar-refractivity contribution in [2.45, 2.75) is 32.7 Å². The first-order chi connectivity index (χ1) is 13.3. The number of benzene rings is 2. The van der Waals surface area contributed by atoms with E-state index >= 15 is 0 Å². The first kappa shape index (κ1) is 21.0. The van der Waals surface area contributed by atoms with Gasteiger partial charge in [0.05, 0.1) is 13.0 Å². The van der Waals surface area contributed by atoms with E-state index in [9.17, 15) is 14.4 Å². The zero-order chi connectivity index (χ0) is 20.7. The number of nitrogens with two attached hydrogens (primary N) is 1. The monoisotopic (exact) mass is 383 g/mol. The number of rotatable bonds is 8. The molecule has 0 heterocycles. The van der Waals surface area contributed by atoms with Gasteiger partial charge in [0, 0.05) is 17.8 Å². The second kappa shape index (κ2) is 9.55. The van der Waals surface area contributed by atoms with E-state index in [1.54, 1.807) is 24.3 Å². The number of hydrogen-bond donors (Lipinski definition) is 3. The van der Waals surface area contributed by atoms with Gasteiger partial charge >= 0.3 is 12.0 Å². The van der Waals surface area contributed by atoms with Crippen LogP contribution >= 0.6 is 0 Å². The van der Waals surface area contributed by atoms with Crippen molar-refractivity contribution in [1.82, 2.24) is 5.32 Å². The van der Waals surface area contributed by atoms with Gasteiger partial charge in [0.15, 0.2) is 0 Å². The van der Waals surface area contributed by atoms with Gasteiger partial charge in [-0.3, -0.25) is 14.5 Å². The Bertz CT molecular complexity index is 830. The summed E-state index contributed by atoms with van der Waals surface area (Å²) in [4.78, 5) is 35.9. The van der Waals surface area contributed by atoms with Crippen molar-refractivity contribution in [3.8, 4) is 0 Å². The molecule has 0 radical (unpaired) electrons. The van der Waals surface area contributed by atoms with Crippen molar-refractivity contribution in [3.05, 3.63) is 65.2 Å². The molecule has 28 heavy (non-hydrogen) atoms. The van der Waals surface area contributed by atoms with E-state index in [0.29, 0.717) is 17.2 Å². The van der Waals surface area contributed by atoms with Gasteiger partial charge in [-0.25, -0.2) is 4.79 Å². The predicted molar refractivity (Wildman–Crippen MR) is 107 cm³/mol. The molecule has 0 saturated heterocycles. The van der Waals surface area contributed by atoms with Crippen molar-refractivity contribution >= 4 is 23.6 Å². The molecule has 0 aliphatic heterocycles. The minimum atomic E-state index is -0.969. The maximum absolute atomic E-state index is 12.0. The second-order valence-electron chi connectivity index (χ2n) is 6.77. The fourth-order valence-electron chi connectivity index (χ4n) is 2.66. The highest BCUT2D eigenvalue weighted by atomic mass is 16.4. The molecule has 4 N–H and O–H groups in total. The van der Waals surface area contributed by atoms with Gasteiger partial charge in [0.1, 0.15) is 0 Å². The highest BCUT2D eigenvalue weighted by Gasteiger charge is 2.14. The lowest BCUT2D eigenvalue weighted by Crippen LogP contribution is -2.35. The van der Waals surface area contributed by atoms with Gasteiger partial charge in [-0.05, 0) is 41.3 Å². The van der Waals surface area contributed by atoms with E-state index in [4.69, 9.17) is 10.8 Å². The minimum Gasteiger partial charge on any atom is -0.481 e. The van der Waals surface area contributed by atoms with Crippen LogP contribution in [0.2, 0.25) is 0 Å². The Morgan fingerprint density at radius 1 is 1.04 bits per heavy atom. The molecule has 2 aromatic carbocycles. The van der Waals surface area contributed by atoms with Crippen LogP contribution in [0.15, 0.2) is 48.5 Å². The molecular weight excluding hydrogens is 358 g/mol. The van der Waals surface area contributed by atoms with Crippen LogP contribution in [0.5, 0.6) is 0 Å². The molecule has 0 aromatic heterocycles. The van der Waals surface area contributed by atoms with Gasteiger partial charge in [-0.15, -0.1) is 0 Å². The summed E-state index contributed by atoms with van der Waals surface area (Å²) in [5, 5.41) is 11.1. The molecule has 0 atom stereocenters. The number of carboxylic acid groups (broad SMARTS) is 1. The molecule has 0 saturated carbocycles. The highest BCUT2D eigenvalue weighted by Crippen LogP contribution is 2.22. The second-order valence-corrected chi connectivity index (χ2v) is 6.77. The van der Waals surface area contributed by atoms with E-state index in [1.165, 1.54) is 10.5 Å². The number of amides is 3. The van der Waals surface area contributed by atoms with Crippen molar-refractivity contribution in [2.75, 3.05) is 11.4 Å². The van der Waals surface area contributed by atoms with Gasteiger partial charge < -0.3 is 16.2 Å². The van der Waals surface area contributed by atoms with E-state index < -0.39 is 12.0 Å². The summed E-state index contributed by atoms with van der Waals surface area (Å²) in [6.45, 7) is 4.54. The predicted octanol–water partition coefficient (Wildman–Crippen LogP) is 3.10. The van der Waals surface area contributed by atoms with Crippen LogP contribution in [0.25, 0.3) is 0 Å². The Kier molecular flexibility index (Phi) is 7.14. The zero-order valence-electron chi connectivity index (χ0n) is 16.0. The van der Waals surface area contributed by atoms with Gasteiger partial charge in [-0.2, -0.15) is 0 Å². The number of nitrogens with one attached hydrogen (secondary N) is 1. The molecule has 0 aliphatic rings. The summed E-state index contributed by atoms with van der Waals surface area (Å²) in [6.07, 6.45) is -0.132. The third-order valence-corrected chi connectivity index (χ3v) is 4.32. The molecule has 0 bridgehead atoms. The number of hydrogen-bond acceptors (Lipinski definition) is 3. The molecule has 2 aromatic rings. The van der Waals surface area contributed by atoms with Crippen LogP contribution in [0, 0.1) is 0 Å². The van der Waals surface area contributed by atoms with Gasteiger partial charge in [0.2, 0.25) is 0 Å². The largest absolute Gasteiger partial charge is 0.481 e. The summed E-state index contributed by atoms with van der Waals surface area (Å²) in [5.41, 5.74) is 8.65. The molecule has 0 fully saturated rings. The molecule has 7 heteroatoms. The molecule has 148 valence electrons. The van der Waals surface area contributed by atoms with Gasteiger partial charge in [-0.1, -0.05) is 38.1 Å². The number of carbonyl (C=O) groups is 3. The van der Waals surface area contributed by atoms with E-state index in [0.717, 1.165) is 5.56 Å². The number of primary amides is 1. The maximum atomic E-state index is 12.0. The average Bonchev–Trinajstić information content (AvgIpc) is 2.66. The van der Waals surface area contributed by atoms with Crippen LogP contribution in [0.1, 0.15) is 47.7 Å². The smallest absolute Gasteiger partial charge is 0.319 e. The number of urea groups is 1. The molecule has 0 spiro atoms. The quantitative estimate of drug-likeness (QED) is 0.650. The van der Waals surface area contributed by atoms with E-state index in [2.05, 4.69) is 19.2 Å². The van der Waals surface area contributed by atoms with E-state index in [-0.39, 0.29) is 25.4 Å². The summed E-state index contributed by atoms with van der Waals surface area (Å²) >= 11 is 0. The fourth-order valence-corrected chi connectivity index (χ4v) is 2.66. The number of carbonyl (C=O) groups excluding carboxylic acids is 2. The van der Waals surface area contributed by atoms with E-state index in [1.807, 2.05) is 24.3 Å². The summed E-state index contributed by atoms with van der Waals surface area (Å²) in [6, 6.07) is 13.9. The summed E-state index contributed by atoms with van der Waals surface area (Å²) in [5.74, 6) is -0.919. The zero-order valence-corrected chi connectivity index (χ0v) is 16.0. The molecular formula is C21H25N3O4. The molecule has 7 nitrogen and oxygen atoms in total. The Balaban J connectivity index is 2.06. The van der Waals surface area contributed by atoms with Gasteiger partial charge in [0.25, 0.3) is 5.91 Å². The molecule has 0 unspecified atom stereocenters. The number of nitrogens with zero attached hydrogens (tertiary/aromatic N) is 1. The minimum absolute atomic E-state index is 0.0672. The first-order valence-corrected chi connectivity index (χ1v) is 9.03. The van der Waals surface area contributed by atoms with Crippen molar-refractivity contribution < 1.29 is 19.5 Å². The molecule has 3 amide bonds. The standard InChI is InChI=1S/C21H25N3O4/c1-14(2)16-7-9-18(10-8-16)24(21(22)28)13-15-3-5-17(6-4-15)20(27)23-12-11-19(25)26/h3-10,14H,11-13H2,1-2H3,(H2,22,28)(H,23,27)(H,25,26). The normalized spacial score (nSPS) is 10.5. The number of carboxylic acids is 1. The summed E-state index contributed by atoms with van der Waals surface area (Å²) < 4.78 is 0. The van der Waals surface area contributed by atoms with Crippen molar-refractivity contribution in [1.29, 1.82) is 0 Å². The lowest BCUT2D eigenvalue weighted by molar-refractivity contribution is -0.136.